The van der Waals surface area contributed by atoms with Crippen molar-refractivity contribution in [2.45, 2.75) is 44.8 Å². The number of carbonyl (C=O) groups excluding carboxylic acids is 1. The molecule has 4 N–H and O–H groups in total. The molecule has 5 nitrogen and oxygen atoms in total. The lowest BCUT2D eigenvalue weighted by Gasteiger charge is -2.27. The zero-order valence-corrected chi connectivity index (χ0v) is 11.1. The zero-order chi connectivity index (χ0) is 13.0. The van der Waals surface area contributed by atoms with Crippen LogP contribution in [-0.2, 0) is 17.7 Å². The van der Waals surface area contributed by atoms with Gasteiger partial charge in [-0.2, -0.15) is 0 Å². The molecule has 1 fully saturated rings. The third-order valence-corrected chi connectivity index (χ3v) is 4.38. The minimum Gasteiger partial charge on any atom is -0.446 e. The van der Waals surface area contributed by atoms with Gasteiger partial charge in [-0.05, 0) is 31.6 Å². The van der Waals surface area contributed by atoms with Crippen LogP contribution >= 0.6 is 11.3 Å². The van der Waals surface area contributed by atoms with Gasteiger partial charge in [-0.25, -0.2) is 9.78 Å². The Balaban J connectivity index is 1.78. The van der Waals surface area contributed by atoms with Crippen molar-refractivity contribution in [2.75, 3.05) is 0 Å². The first-order chi connectivity index (χ1) is 8.67. The first-order valence-electron chi connectivity index (χ1n) is 6.27. The normalized spacial score (nSPS) is 23.8. The van der Waals surface area contributed by atoms with E-state index in [4.69, 9.17) is 16.2 Å². The van der Waals surface area contributed by atoms with Gasteiger partial charge >= 0.3 is 6.09 Å². The number of aromatic nitrogens is 1. The molecule has 0 bridgehead atoms. The topological polar surface area (TPSA) is 91.2 Å². The fourth-order valence-corrected chi connectivity index (χ4v) is 3.32. The number of amides is 1. The van der Waals surface area contributed by atoms with E-state index in [0.717, 1.165) is 42.0 Å². The van der Waals surface area contributed by atoms with E-state index in [-0.39, 0.29) is 6.10 Å². The summed E-state index contributed by atoms with van der Waals surface area (Å²) in [4.78, 5) is 16.2. The molecule has 0 unspecified atom stereocenters. The fourth-order valence-electron chi connectivity index (χ4n) is 2.40. The summed E-state index contributed by atoms with van der Waals surface area (Å²) in [6, 6.07) is 0. The monoisotopic (exact) mass is 269 g/mol. The van der Waals surface area contributed by atoms with Crippen LogP contribution in [0.1, 0.15) is 35.6 Å². The minimum atomic E-state index is -0.661. The molecule has 0 atom stereocenters. The Hall–Kier alpha value is -1.14. The molecular formula is C12H19N3O2S. The summed E-state index contributed by atoms with van der Waals surface area (Å²) in [5, 5.41) is 1.16. The predicted molar refractivity (Wildman–Crippen MR) is 70.1 cm³/mol. The second-order valence-electron chi connectivity index (χ2n) is 4.71. The van der Waals surface area contributed by atoms with E-state index in [1.165, 1.54) is 0 Å². The molecule has 0 aromatic carbocycles. The Labute approximate surface area is 111 Å². The average Bonchev–Trinajstić information content (AvgIpc) is 2.79. The second kappa shape index (κ2) is 6.15. The maximum absolute atomic E-state index is 10.7. The smallest absolute Gasteiger partial charge is 0.404 e. The molecule has 18 heavy (non-hydrogen) atoms. The molecule has 1 aromatic rings. The number of primary amides is 1. The Bertz CT molecular complexity index is 400. The molecule has 1 aliphatic carbocycles. The summed E-state index contributed by atoms with van der Waals surface area (Å²) in [5.74, 6) is 0.634. The van der Waals surface area contributed by atoms with E-state index in [1.807, 2.05) is 6.20 Å². The van der Waals surface area contributed by atoms with Gasteiger partial charge in [0.2, 0.25) is 0 Å². The highest BCUT2D eigenvalue weighted by Crippen LogP contribution is 2.29. The molecule has 0 radical (unpaired) electrons. The van der Waals surface area contributed by atoms with Crippen molar-refractivity contribution in [3.8, 4) is 0 Å². The summed E-state index contributed by atoms with van der Waals surface area (Å²) >= 11 is 1.70. The van der Waals surface area contributed by atoms with Gasteiger partial charge in [0, 0.05) is 24.0 Å². The SMILES string of the molecule is NCc1cnc(CC2CCC(OC(N)=O)CC2)s1. The average molecular weight is 269 g/mol. The third kappa shape index (κ3) is 3.68. The van der Waals surface area contributed by atoms with Crippen LogP contribution < -0.4 is 11.5 Å². The van der Waals surface area contributed by atoms with Crippen LogP contribution in [0.25, 0.3) is 0 Å². The Kier molecular flexibility index (Phi) is 4.54. The molecule has 100 valence electrons. The first-order valence-corrected chi connectivity index (χ1v) is 7.08. The van der Waals surface area contributed by atoms with Gasteiger partial charge in [-0.1, -0.05) is 0 Å². The molecule has 0 spiro atoms. The Morgan fingerprint density at radius 3 is 2.72 bits per heavy atom. The molecule has 1 aromatic heterocycles. The predicted octanol–water partition coefficient (Wildman–Crippen LogP) is 1.80. The maximum Gasteiger partial charge on any atom is 0.404 e. The number of nitrogens with two attached hydrogens (primary N) is 2. The molecule has 1 saturated carbocycles. The number of hydrogen-bond acceptors (Lipinski definition) is 5. The fraction of sp³-hybridized carbons (Fsp3) is 0.667. The summed E-state index contributed by atoms with van der Waals surface area (Å²) in [7, 11) is 0. The number of ether oxygens (including phenoxy) is 1. The van der Waals surface area contributed by atoms with Crippen LogP contribution in [0.15, 0.2) is 6.20 Å². The van der Waals surface area contributed by atoms with Crippen molar-refractivity contribution >= 4 is 17.4 Å². The van der Waals surface area contributed by atoms with Gasteiger partial charge in [0.15, 0.2) is 0 Å². The largest absolute Gasteiger partial charge is 0.446 e. The summed E-state index contributed by atoms with van der Waals surface area (Å²) < 4.78 is 5.02. The van der Waals surface area contributed by atoms with Crippen molar-refractivity contribution in [3.05, 3.63) is 16.1 Å². The summed E-state index contributed by atoms with van der Waals surface area (Å²) in [6.45, 7) is 0.566. The minimum absolute atomic E-state index is 0.00893. The van der Waals surface area contributed by atoms with Crippen LogP contribution in [0, 0.1) is 5.92 Å². The van der Waals surface area contributed by atoms with Crippen molar-refractivity contribution in [1.29, 1.82) is 0 Å². The number of carbonyl (C=O) groups is 1. The number of nitrogens with zero attached hydrogens (tertiary/aromatic N) is 1. The van der Waals surface area contributed by atoms with Gasteiger partial charge in [-0.15, -0.1) is 11.3 Å². The quantitative estimate of drug-likeness (QED) is 0.871. The molecule has 6 heteroatoms. The lowest BCUT2D eigenvalue weighted by atomic mass is 9.85. The molecule has 1 heterocycles. The molecule has 1 aliphatic rings. The van der Waals surface area contributed by atoms with Gasteiger partial charge in [-0.3, -0.25) is 0 Å². The lowest BCUT2D eigenvalue weighted by Crippen LogP contribution is -2.27. The molecular weight excluding hydrogens is 250 g/mol. The van der Waals surface area contributed by atoms with Gasteiger partial charge < -0.3 is 16.2 Å². The van der Waals surface area contributed by atoms with Crippen LogP contribution in [0.4, 0.5) is 4.79 Å². The highest BCUT2D eigenvalue weighted by molar-refractivity contribution is 7.11. The van der Waals surface area contributed by atoms with E-state index >= 15 is 0 Å². The third-order valence-electron chi connectivity index (χ3n) is 3.34. The number of hydrogen-bond donors (Lipinski definition) is 2. The van der Waals surface area contributed by atoms with Gasteiger partial charge in [0.05, 0.1) is 5.01 Å². The Morgan fingerprint density at radius 2 is 2.17 bits per heavy atom. The van der Waals surface area contributed by atoms with Crippen molar-refractivity contribution in [2.24, 2.45) is 17.4 Å². The number of rotatable bonds is 4. The van der Waals surface area contributed by atoms with Crippen LogP contribution in [0.3, 0.4) is 0 Å². The lowest BCUT2D eigenvalue weighted by molar-refractivity contribution is 0.0710. The van der Waals surface area contributed by atoms with Gasteiger partial charge in [0.25, 0.3) is 0 Å². The number of thiazole rings is 1. The van der Waals surface area contributed by atoms with E-state index in [2.05, 4.69) is 4.98 Å². The van der Waals surface area contributed by atoms with E-state index in [9.17, 15) is 4.79 Å². The summed E-state index contributed by atoms with van der Waals surface area (Å²) in [6.07, 6.45) is 6.16. The van der Waals surface area contributed by atoms with Crippen molar-refractivity contribution in [3.63, 3.8) is 0 Å². The zero-order valence-electron chi connectivity index (χ0n) is 10.3. The molecule has 2 rings (SSSR count). The standard InChI is InChI=1S/C12H19N3O2S/c13-6-10-7-15-11(18-10)5-8-1-3-9(4-2-8)17-12(14)16/h7-9H,1-6,13H2,(H2,14,16). The molecule has 0 aliphatic heterocycles. The summed E-state index contributed by atoms with van der Waals surface area (Å²) in [5.41, 5.74) is 10.6. The highest BCUT2D eigenvalue weighted by atomic mass is 32.1. The molecule has 0 saturated heterocycles. The maximum atomic E-state index is 10.7. The van der Waals surface area contributed by atoms with Crippen molar-refractivity contribution in [1.82, 2.24) is 4.98 Å². The van der Waals surface area contributed by atoms with E-state index in [1.54, 1.807) is 11.3 Å². The van der Waals surface area contributed by atoms with Crippen LogP contribution in [0.5, 0.6) is 0 Å². The van der Waals surface area contributed by atoms with Crippen molar-refractivity contribution < 1.29 is 9.53 Å². The van der Waals surface area contributed by atoms with E-state index in [0.29, 0.717) is 12.5 Å². The Morgan fingerprint density at radius 1 is 1.44 bits per heavy atom. The van der Waals surface area contributed by atoms with Gasteiger partial charge in [0.1, 0.15) is 6.10 Å². The van der Waals surface area contributed by atoms with E-state index < -0.39 is 6.09 Å². The molecule has 1 amide bonds. The second-order valence-corrected chi connectivity index (χ2v) is 5.91. The van der Waals surface area contributed by atoms with Crippen LogP contribution in [0.2, 0.25) is 0 Å². The van der Waals surface area contributed by atoms with Crippen LogP contribution in [-0.4, -0.2) is 17.2 Å². The first kappa shape index (κ1) is 13.3. The highest BCUT2D eigenvalue weighted by Gasteiger charge is 2.24.